The highest BCUT2D eigenvalue weighted by Crippen LogP contribution is 2.32. The van der Waals surface area contributed by atoms with E-state index in [4.69, 9.17) is 34.2 Å². The second-order valence-electron chi connectivity index (χ2n) is 6.98. The number of fused-ring (bicyclic) bond motifs is 1. The van der Waals surface area contributed by atoms with Gasteiger partial charge in [0.15, 0.2) is 11.9 Å². The zero-order valence-corrected chi connectivity index (χ0v) is 17.0. The lowest BCUT2D eigenvalue weighted by Gasteiger charge is -2.36. The number of aromatic nitrogens is 2. The third-order valence-electron chi connectivity index (χ3n) is 4.98. The third kappa shape index (κ3) is 4.06. The molecular weight excluding hydrogens is 402 g/mol. The summed E-state index contributed by atoms with van der Waals surface area (Å²) < 4.78 is 0. The maximum atomic E-state index is 7.60. The van der Waals surface area contributed by atoms with Crippen molar-refractivity contribution in [2.75, 3.05) is 31.1 Å². The van der Waals surface area contributed by atoms with Gasteiger partial charge in [0.25, 0.3) is 5.95 Å². The molecule has 1 aliphatic rings. The van der Waals surface area contributed by atoms with Gasteiger partial charge < -0.3 is 27.0 Å². The molecule has 1 saturated heterocycles. The molecular formula is C20H22ClN9. The SMILES string of the molecule is N=C(N)N1CCN(c2cccc(-c3nc(N=C(N)N)nc4ccc(Cl)cc34)c2)CC1. The van der Waals surface area contributed by atoms with Gasteiger partial charge in [0.05, 0.1) is 11.2 Å². The molecule has 3 aromatic rings. The molecule has 2 aromatic carbocycles. The number of hydrogen-bond acceptors (Lipinski definition) is 5. The molecule has 9 nitrogen and oxygen atoms in total. The van der Waals surface area contributed by atoms with Gasteiger partial charge in [-0.2, -0.15) is 4.99 Å². The highest BCUT2D eigenvalue weighted by atomic mass is 35.5. The number of guanidine groups is 2. The highest BCUT2D eigenvalue weighted by Gasteiger charge is 2.19. The minimum Gasteiger partial charge on any atom is -0.370 e. The molecule has 0 aliphatic carbocycles. The van der Waals surface area contributed by atoms with Crippen molar-refractivity contribution in [3.05, 3.63) is 47.5 Å². The minimum atomic E-state index is -0.105. The molecule has 1 fully saturated rings. The second kappa shape index (κ2) is 8.03. The van der Waals surface area contributed by atoms with Crippen LogP contribution in [-0.2, 0) is 0 Å². The van der Waals surface area contributed by atoms with Crippen LogP contribution in [0, 0.1) is 5.41 Å². The Morgan fingerprint density at radius 2 is 1.77 bits per heavy atom. The maximum absolute atomic E-state index is 7.60. The molecule has 0 spiro atoms. The van der Waals surface area contributed by atoms with E-state index < -0.39 is 0 Å². The van der Waals surface area contributed by atoms with Crippen LogP contribution >= 0.6 is 11.6 Å². The van der Waals surface area contributed by atoms with Crippen LogP contribution < -0.4 is 22.1 Å². The van der Waals surface area contributed by atoms with Gasteiger partial charge in [-0.25, -0.2) is 9.97 Å². The molecule has 10 heteroatoms. The van der Waals surface area contributed by atoms with Crippen molar-refractivity contribution in [2.24, 2.45) is 22.2 Å². The second-order valence-corrected chi connectivity index (χ2v) is 7.42. The number of halogens is 1. The lowest BCUT2D eigenvalue weighted by Crippen LogP contribution is -2.50. The third-order valence-corrected chi connectivity index (χ3v) is 5.22. The highest BCUT2D eigenvalue weighted by molar-refractivity contribution is 6.31. The zero-order chi connectivity index (χ0) is 21.3. The Kier molecular flexibility index (Phi) is 5.28. The molecule has 0 unspecified atom stereocenters. The first-order valence-corrected chi connectivity index (χ1v) is 9.80. The van der Waals surface area contributed by atoms with Crippen molar-refractivity contribution >= 4 is 46.1 Å². The average Bonchev–Trinajstić information content (AvgIpc) is 2.73. The Hall–Kier alpha value is -3.59. The topological polar surface area (TPSA) is 147 Å². The van der Waals surface area contributed by atoms with Gasteiger partial charge in [0.2, 0.25) is 0 Å². The number of nitrogens with one attached hydrogen (secondary N) is 1. The van der Waals surface area contributed by atoms with E-state index in [-0.39, 0.29) is 17.9 Å². The van der Waals surface area contributed by atoms with Gasteiger partial charge in [-0.3, -0.25) is 5.41 Å². The molecule has 1 aliphatic heterocycles. The van der Waals surface area contributed by atoms with Gasteiger partial charge in [0, 0.05) is 47.8 Å². The number of hydrogen-bond donors (Lipinski definition) is 4. The molecule has 0 saturated carbocycles. The van der Waals surface area contributed by atoms with Gasteiger partial charge in [-0.1, -0.05) is 23.7 Å². The van der Waals surface area contributed by atoms with Crippen LogP contribution in [0.4, 0.5) is 11.6 Å². The summed E-state index contributed by atoms with van der Waals surface area (Å²) in [6.45, 7) is 2.97. The summed E-state index contributed by atoms with van der Waals surface area (Å²) in [5.41, 5.74) is 20.0. The fourth-order valence-corrected chi connectivity index (χ4v) is 3.70. The Labute approximate surface area is 178 Å². The molecule has 0 atom stereocenters. The predicted molar refractivity (Wildman–Crippen MR) is 121 cm³/mol. The fourth-order valence-electron chi connectivity index (χ4n) is 3.53. The molecule has 2 heterocycles. The summed E-state index contributed by atoms with van der Waals surface area (Å²) in [6.07, 6.45) is 0. The summed E-state index contributed by atoms with van der Waals surface area (Å²) in [5.74, 6) is 0.201. The first-order valence-electron chi connectivity index (χ1n) is 9.42. The molecule has 154 valence electrons. The monoisotopic (exact) mass is 423 g/mol. The summed E-state index contributed by atoms with van der Waals surface area (Å²) in [5, 5.41) is 9.01. The lowest BCUT2D eigenvalue weighted by atomic mass is 10.1. The van der Waals surface area contributed by atoms with Gasteiger partial charge in [-0.15, -0.1) is 0 Å². The van der Waals surface area contributed by atoms with Gasteiger partial charge >= 0.3 is 0 Å². The van der Waals surface area contributed by atoms with Crippen molar-refractivity contribution in [3.8, 4) is 11.3 Å². The van der Waals surface area contributed by atoms with Crippen LogP contribution in [0.15, 0.2) is 47.5 Å². The first-order chi connectivity index (χ1) is 14.4. The molecule has 4 rings (SSSR count). The van der Waals surface area contributed by atoms with Crippen LogP contribution in [0.3, 0.4) is 0 Å². The maximum Gasteiger partial charge on any atom is 0.253 e. The summed E-state index contributed by atoms with van der Waals surface area (Å²) >= 11 is 6.23. The van der Waals surface area contributed by atoms with Crippen LogP contribution in [0.5, 0.6) is 0 Å². The van der Waals surface area contributed by atoms with E-state index in [1.807, 2.05) is 29.2 Å². The number of rotatable bonds is 3. The van der Waals surface area contributed by atoms with Gasteiger partial charge in [-0.05, 0) is 30.3 Å². The number of nitrogens with zero attached hydrogens (tertiary/aromatic N) is 5. The lowest BCUT2D eigenvalue weighted by molar-refractivity contribution is 0.380. The van der Waals surface area contributed by atoms with Crippen molar-refractivity contribution in [1.29, 1.82) is 5.41 Å². The Morgan fingerprint density at radius 3 is 2.47 bits per heavy atom. The number of benzene rings is 2. The molecule has 0 radical (unpaired) electrons. The number of aliphatic imine (C=N–C) groups is 1. The van der Waals surface area contributed by atoms with Crippen LogP contribution in [-0.4, -0.2) is 53.0 Å². The normalized spacial score (nSPS) is 14.0. The van der Waals surface area contributed by atoms with Crippen LogP contribution in [0.25, 0.3) is 22.2 Å². The van der Waals surface area contributed by atoms with E-state index in [1.54, 1.807) is 6.07 Å². The van der Waals surface area contributed by atoms with E-state index >= 15 is 0 Å². The zero-order valence-electron chi connectivity index (χ0n) is 16.2. The number of piperazine rings is 1. The van der Waals surface area contributed by atoms with Crippen molar-refractivity contribution in [3.63, 3.8) is 0 Å². The Morgan fingerprint density at radius 1 is 1.00 bits per heavy atom. The van der Waals surface area contributed by atoms with E-state index in [1.165, 1.54) is 0 Å². The van der Waals surface area contributed by atoms with E-state index in [2.05, 4.69) is 32.0 Å². The van der Waals surface area contributed by atoms with Crippen molar-refractivity contribution in [2.45, 2.75) is 0 Å². The smallest absolute Gasteiger partial charge is 0.253 e. The first kappa shape index (κ1) is 19.7. The van der Waals surface area contributed by atoms with Gasteiger partial charge in [0.1, 0.15) is 0 Å². The van der Waals surface area contributed by atoms with Crippen LogP contribution in [0.2, 0.25) is 5.02 Å². The Bertz CT molecular complexity index is 1130. The van der Waals surface area contributed by atoms with E-state index in [0.29, 0.717) is 29.3 Å². The largest absolute Gasteiger partial charge is 0.370 e. The molecule has 1 aromatic heterocycles. The summed E-state index contributed by atoms with van der Waals surface area (Å²) in [7, 11) is 0. The van der Waals surface area contributed by atoms with E-state index in [9.17, 15) is 0 Å². The average molecular weight is 424 g/mol. The molecule has 0 bridgehead atoms. The molecule has 30 heavy (non-hydrogen) atoms. The summed E-state index contributed by atoms with van der Waals surface area (Å²) in [4.78, 5) is 17.1. The fraction of sp³-hybridized carbons (Fsp3) is 0.200. The van der Waals surface area contributed by atoms with E-state index in [0.717, 1.165) is 29.7 Å². The summed E-state index contributed by atoms with van der Waals surface area (Å²) in [6, 6.07) is 13.5. The Balaban J connectivity index is 1.75. The molecule has 7 N–H and O–H groups in total. The molecule has 0 amide bonds. The quantitative estimate of drug-likeness (QED) is 0.371. The van der Waals surface area contributed by atoms with Crippen molar-refractivity contribution in [1.82, 2.24) is 14.9 Å². The minimum absolute atomic E-state index is 0.105. The standard InChI is InChI=1S/C20H22ClN9/c21-13-4-5-16-15(11-13)17(27-20(26-16)28-18(22)23)12-2-1-3-14(10-12)29-6-8-30(9-7-29)19(24)25/h1-5,10-11H,6-9H2,(H3,24,25)(H4,22,23,26,27,28). The predicted octanol–water partition coefficient (Wildman–Crippen LogP) is 1.87. The number of nitrogens with two attached hydrogens (primary N) is 3. The van der Waals surface area contributed by atoms with Crippen molar-refractivity contribution < 1.29 is 0 Å². The van der Waals surface area contributed by atoms with Crippen LogP contribution in [0.1, 0.15) is 0 Å². The number of anilines is 1.